The topological polar surface area (TPSA) is 70.7 Å². The minimum absolute atomic E-state index is 0.0975. The van der Waals surface area contributed by atoms with Crippen LogP contribution in [0.3, 0.4) is 0 Å². The van der Waals surface area contributed by atoms with E-state index in [1.807, 2.05) is 6.07 Å². The van der Waals surface area contributed by atoms with E-state index >= 15 is 0 Å². The predicted octanol–water partition coefficient (Wildman–Crippen LogP) is 4.25. The van der Waals surface area contributed by atoms with Crippen molar-refractivity contribution in [3.8, 4) is 6.07 Å². The van der Waals surface area contributed by atoms with E-state index in [-0.39, 0.29) is 16.4 Å². The molecule has 26 heavy (non-hydrogen) atoms. The second kappa shape index (κ2) is 6.32. The Bertz CT molecular complexity index is 910. The standard InChI is InChI=1S/C17H14ClF3N4O/c1-10-9-25(24-14(10)8-22)16(5-2-6-16)15(26)23-13-4-3-11(7-12(13)18)17(19,20)21/h3-4,7,9H,2,5-6H2,1H3,(H,23,26). The fourth-order valence-electron chi connectivity index (χ4n) is 2.89. The number of hydrogen-bond donors (Lipinski definition) is 1. The molecule has 3 rings (SSSR count). The zero-order chi connectivity index (χ0) is 19.1. The number of hydrogen-bond acceptors (Lipinski definition) is 3. The first-order chi connectivity index (χ1) is 12.2. The van der Waals surface area contributed by atoms with Crippen LogP contribution in [-0.4, -0.2) is 15.7 Å². The highest BCUT2D eigenvalue weighted by molar-refractivity contribution is 6.33. The van der Waals surface area contributed by atoms with Crippen LogP contribution in [0.1, 0.15) is 36.1 Å². The molecule has 1 heterocycles. The Morgan fingerprint density at radius 3 is 2.58 bits per heavy atom. The van der Waals surface area contributed by atoms with Crippen molar-refractivity contribution in [2.75, 3.05) is 5.32 Å². The third-order valence-corrected chi connectivity index (χ3v) is 4.90. The van der Waals surface area contributed by atoms with Crippen LogP contribution in [0.5, 0.6) is 0 Å². The van der Waals surface area contributed by atoms with Crippen LogP contribution in [0.25, 0.3) is 0 Å². The van der Waals surface area contributed by atoms with Crippen molar-refractivity contribution < 1.29 is 18.0 Å². The average molecular weight is 383 g/mol. The first kappa shape index (κ1) is 18.3. The van der Waals surface area contributed by atoms with Gasteiger partial charge in [-0.2, -0.15) is 23.5 Å². The minimum atomic E-state index is -4.51. The molecule has 5 nitrogen and oxygen atoms in total. The molecule has 1 saturated carbocycles. The van der Waals surface area contributed by atoms with Gasteiger partial charge in [-0.25, -0.2) is 0 Å². The Balaban J connectivity index is 1.88. The lowest BCUT2D eigenvalue weighted by atomic mass is 9.76. The number of carbonyl (C=O) groups is 1. The fraction of sp³-hybridized carbons (Fsp3) is 0.353. The highest BCUT2D eigenvalue weighted by Crippen LogP contribution is 2.41. The summed E-state index contributed by atoms with van der Waals surface area (Å²) < 4.78 is 39.6. The number of benzene rings is 1. The molecule has 0 spiro atoms. The van der Waals surface area contributed by atoms with Gasteiger partial charge in [0.25, 0.3) is 5.91 Å². The second-order valence-corrected chi connectivity index (χ2v) is 6.66. The number of amides is 1. The van der Waals surface area contributed by atoms with Gasteiger partial charge in [-0.3, -0.25) is 9.48 Å². The number of halogens is 4. The van der Waals surface area contributed by atoms with Gasteiger partial charge in [-0.15, -0.1) is 0 Å². The summed E-state index contributed by atoms with van der Waals surface area (Å²) in [4.78, 5) is 12.8. The summed E-state index contributed by atoms with van der Waals surface area (Å²) in [5.74, 6) is -0.419. The molecule has 1 amide bonds. The molecule has 136 valence electrons. The number of aryl methyl sites for hydroxylation is 1. The SMILES string of the molecule is Cc1cn(C2(C(=O)Nc3ccc(C(F)(F)F)cc3Cl)CCC2)nc1C#N. The zero-order valence-electron chi connectivity index (χ0n) is 13.7. The normalized spacial score (nSPS) is 15.8. The van der Waals surface area contributed by atoms with Gasteiger partial charge in [-0.05, 0) is 44.4 Å². The lowest BCUT2D eigenvalue weighted by Gasteiger charge is -2.40. The Morgan fingerprint density at radius 1 is 1.42 bits per heavy atom. The highest BCUT2D eigenvalue weighted by Gasteiger charge is 2.47. The molecule has 0 aliphatic heterocycles. The summed E-state index contributed by atoms with van der Waals surface area (Å²) in [5, 5.41) is 15.6. The summed E-state index contributed by atoms with van der Waals surface area (Å²) in [6.45, 7) is 1.72. The molecule has 2 aromatic rings. The van der Waals surface area contributed by atoms with E-state index in [1.165, 1.54) is 4.68 Å². The molecule has 0 unspecified atom stereocenters. The van der Waals surface area contributed by atoms with Crippen molar-refractivity contribution >= 4 is 23.2 Å². The fourth-order valence-corrected chi connectivity index (χ4v) is 3.12. The van der Waals surface area contributed by atoms with Gasteiger partial charge in [0.05, 0.1) is 16.3 Å². The molecule has 1 aromatic carbocycles. The molecule has 0 bridgehead atoms. The lowest BCUT2D eigenvalue weighted by Crippen LogP contribution is -2.51. The number of nitrogens with one attached hydrogen (secondary N) is 1. The molecular weight excluding hydrogens is 369 g/mol. The van der Waals surface area contributed by atoms with Crippen LogP contribution in [0.4, 0.5) is 18.9 Å². The Labute approximate surface area is 152 Å². The van der Waals surface area contributed by atoms with Crippen LogP contribution in [0.15, 0.2) is 24.4 Å². The molecule has 0 saturated heterocycles. The summed E-state index contributed by atoms with van der Waals surface area (Å²) in [6, 6.07) is 4.73. The van der Waals surface area contributed by atoms with Crippen molar-refractivity contribution in [1.29, 1.82) is 5.26 Å². The number of rotatable bonds is 3. The minimum Gasteiger partial charge on any atom is -0.323 e. The average Bonchev–Trinajstić information content (AvgIpc) is 2.88. The van der Waals surface area contributed by atoms with E-state index in [2.05, 4.69) is 10.4 Å². The molecule has 9 heteroatoms. The van der Waals surface area contributed by atoms with Crippen molar-refractivity contribution in [3.05, 3.63) is 46.2 Å². The van der Waals surface area contributed by atoms with E-state index in [4.69, 9.17) is 16.9 Å². The van der Waals surface area contributed by atoms with Crippen molar-refractivity contribution in [1.82, 2.24) is 9.78 Å². The maximum absolute atomic E-state index is 12.8. The Morgan fingerprint density at radius 2 is 2.12 bits per heavy atom. The molecule has 0 atom stereocenters. The molecule has 1 aliphatic carbocycles. The van der Waals surface area contributed by atoms with Crippen LogP contribution in [0.2, 0.25) is 5.02 Å². The molecule has 1 fully saturated rings. The third kappa shape index (κ3) is 3.03. The molecule has 0 radical (unpaired) electrons. The second-order valence-electron chi connectivity index (χ2n) is 6.25. The number of carbonyl (C=O) groups excluding carboxylic acids is 1. The van der Waals surface area contributed by atoms with E-state index in [1.54, 1.807) is 13.1 Å². The Kier molecular flexibility index (Phi) is 4.44. The molecule has 1 aliphatic rings. The maximum atomic E-state index is 12.8. The quantitative estimate of drug-likeness (QED) is 0.862. The summed E-state index contributed by atoms with van der Waals surface area (Å²) in [5.41, 5.74) is -0.873. The maximum Gasteiger partial charge on any atom is 0.416 e. The van der Waals surface area contributed by atoms with Gasteiger partial charge < -0.3 is 5.32 Å². The van der Waals surface area contributed by atoms with E-state index in [0.29, 0.717) is 18.4 Å². The third-order valence-electron chi connectivity index (χ3n) is 4.59. The number of anilines is 1. The van der Waals surface area contributed by atoms with Crippen LogP contribution < -0.4 is 5.32 Å². The van der Waals surface area contributed by atoms with E-state index in [9.17, 15) is 18.0 Å². The summed E-state index contributed by atoms with van der Waals surface area (Å²) >= 11 is 5.91. The molecule has 1 N–H and O–H groups in total. The summed E-state index contributed by atoms with van der Waals surface area (Å²) in [6.07, 6.45) is -1.05. The van der Waals surface area contributed by atoms with Gasteiger partial charge in [0.1, 0.15) is 11.6 Å². The van der Waals surface area contributed by atoms with E-state index < -0.39 is 23.2 Å². The first-order valence-corrected chi connectivity index (χ1v) is 8.20. The highest BCUT2D eigenvalue weighted by atomic mass is 35.5. The number of alkyl halides is 3. The smallest absolute Gasteiger partial charge is 0.323 e. The van der Waals surface area contributed by atoms with Gasteiger partial charge in [0, 0.05) is 11.8 Å². The van der Waals surface area contributed by atoms with Gasteiger partial charge >= 0.3 is 6.18 Å². The Hall–Kier alpha value is -2.53. The number of nitrogens with zero attached hydrogens (tertiary/aromatic N) is 3. The van der Waals surface area contributed by atoms with E-state index in [0.717, 1.165) is 24.6 Å². The lowest BCUT2D eigenvalue weighted by molar-refractivity contribution is -0.137. The monoisotopic (exact) mass is 382 g/mol. The molecular formula is C17H14ClF3N4O. The van der Waals surface area contributed by atoms with Crippen LogP contribution >= 0.6 is 11.6 Å². The van der Waals surface area contributed by atoms with Gasteiger partial charge in [-0.1, -0.05) is 11.6 Å². The first-order valence-electron chi connectivity index (χ1n) is 7.82. The number of aromatic nitrogens is 2. The zero-order valence-corrected chi connectivity index (χ0v) is 14.4. The number of nitriles is 1. The summed E-state index contributed by atoms with van der Waals surface area (Å²) in [7, 11) is 0. The van der Waals surface area contributed by atoms with Crippen LogP contribution in [0, 0.1) is 18.3 Å². The van der Waals surface area contributed by atoms with Crippen molar-refractivity contribution in [3.63, 3.8) is 0 Å². The molecule has 1 aromatic heterocycles. The van der Waals surface area contributed by atoms with Gasteiger partial charge in [0.15, 0.2) is 5.69 Å². The van der Waals surface area contributed by atoms with Crippen LogP contribution in [-0.2, 0) is 16.5 Å². The van der Waals surface area contributed by atoms with Gasteiger partial charge in [0.2, 0.25) is 0 Å². The largest absolute Gasteiger partial charge is 0.416 e. The van der Waals surface area contributed by atoms with Crippen molar-refractivity contribution in [2.24, 2.45) is 0 Å². The predicted molar refractivity (Wildman–Crippen MR) is 88.6 cm³/mol. The van der Waals surface area contributed by atoms with Crippen molar-refractivity contribution in [2.45, 2.75) is 37.9 Å².